The van der Waals surface area contributed by atoms with Gasteiger partial charge >= 0.3 is 0 Å². The molecule has 2 amide bonds. The fourth-order valence-corrected chi connectivity index (χ4v) is 3.33. The number of rotatable bonds is 4. The molecule has 0 saturated carbocycles. The SMILES string of the molecule is Cc1nccn1-c1ccc(NC(=O)C2CCN(c3cc(F)cc(F)c3)C2=O)cn1. The van der Waals surface area contributed by atoms with Crippen LogP contribution in [0.2, 0.25) is 0 Å². The summed E-state index contributed by atoms with van der Waals surface area (Å²) in [7, 11) is 0. The molecule has 1 fully saturated rings. The van der Waals surface area contributed by atoms with Gasteiger partial charge in [-0.05, 0) is 37.6 Å². The highest BCUT2D eigenvalue weighted by molar-refractivity contribution is 6.13. The third-order valence-corrected chi connectivity index (χ3v) is 4.77. The molecule has 1 saturated heterocycles. The average molecular weight is 397 g/mol. The van der Waals surface area contributed by atoms with Gasteiger partial charge in [0.2, 0.25) is 11.8 Å². The van der Waals surface area contributed by atoms with E-state index in [-0.39, 0.29) is 18.7 Å². The van der Waals surface area contributed by atoms with Crippen LogP contribution in [-0.4, -0.2) is 32.9 Å². The van der Waals surface area contributed by atoms with Gasteiger partial charge in [-0.15, -0.1) is 0 Å². The summed E-state index contributed by atoms with van der Waals surface area (Å²) in [4.78, 5) is 34.8. The Balaban J connectivity index is 1.45. The lowest BCUT2D eigenvalue weighted by atomic mass is 10.1. The van der Waals surface area contributed by atoms with Crippen molar-refractivity contribution >= 4 is 23.2 Å². The highest BCUT2D eigenvalue weighted by atomic mass is 19.1. The molecular formula is C20H17F2N5O2. The first-order valence-electron chi connectivity index (χ1n) is 8.97. The molecule has 0 bridgehead atoms. The van der Waals surface area contributed by atoms with E-state index in [0.29, 0.717) is 11.5 Å². The van der Waals surface area contributed by atoms with Crippen LogP contribution in [0, 0.1) is 24.5 Å². The van der Waals surface area contributed by atoms with Gasteiger partial charge in [0.25, 0.3) is 0 Å². The summed E-state index contributed by atoms with van der Waals surface area (Å²) in [5.41, 5.74) is 0.545. The molecule has 0 aliphatic carbocycles. The number of benzene rings is 1. The highest BCUT2D eigenvalue weighted by Gasteiger charge is 2.38. The lowest BCUT2D eigenvalue weighted by Gasteiger charge is -2.17. The Morgan fingerprint density at radius 3 is 2.55 bits per heavy atom. The Morgan fingerprint density at radius 2 is 1.93 bits per heavy atom. The van der Waals surface area contributed by atoms with Crippen molar-refractivity contribution in [2.24, 2.45) is 5.92 Å². The van der Waals surface area contributed by atoms with Gasteiger partial charge in [-0.1, -0.05) is 0 Å². The molecule has 7 nitrogen and oxygen atoms in total. The van der Waals surface area contributed by atoms with Crippen LogP contribution in [-0.2, 0) is 9.59 Å². The predicted molar refractivity (Wildman–Crippen MR) is 102 cm³/mol. The lowest BCUT2D eigenvalue weighted by molar-refractivity contribution is -0.129. The Labute approximate surface area is 165 Å². The summed E-state index contributed by atoms with van der Waals surface area (Å²) in [5.74, 6) is -2.04. The van der Waals surface area contributed by atoms with Crippen LogP contribution in [0.1, 0.15) is 12.2 Å². The maximum absolute atomic E-state index is 13.4. The molecule has 1 aliphatic heterocycles. The van der Waals surface area contributed by atoms with Crippen molar-refractivity contribution in [3.8, 4) is 5.82 Å². The third-order valence-electron chi connectivity index (χ3n) is 4.77. The van der Waals surface area contributed by atoms with Gasteiger partial charge in [0, 0.05) is 30.7 Å². The largest absolute Gasteiger partial charge is 0.324 e. The number of imidazole rings is 1. The molecular weight excluding hydrogens is 380 g/mol. The first-order chi connectivity index (χ1) is 13.9. The number of halogens is 2. The second kappa shape index (κ2) is 7.42. The zero-order chi connectivity index (χ0) is 20.5. The van der Waals surface area contributed by atoms with E-state index in [1.807, 2.05) is 6.92 Å². The van der Waals surface area contributed by atoms with Gasteiger partial charge in [0.1, 0.15) is 29.2 Å². The summed E-state index contributed by atoms with van der Waals surface area (Å²) in [6, 6.07) is 6.28. The van der Waals surface area contributed by atoms with E-state index >= 15 is 0 Å². The van der Waals surface area contributed by atoms with Crippen molar-refractivity contribution in [3.63, 3.8) is 0 Å². The molecule has 3 heterocycles. The number of aryl methyl sites for hydroxylation is 1. The van der Waals surface area contributed by atoms with Gasteiger partial charge < -0.3 is 10.2 Å². The number of aromatic nitrogens is 3. The van der Waals surface area contributed by atoms with Crippen molar-refractivity contribution < 1.29 is 18.4 Å². The standard InChI is InChI=1S/C20H17F2N5O2/c1-12-23-5-7-26(12)18-3-2-15(11-24-18)25-19(28)17-4-6-27(20(17)29)16-9-13(21)8-14(22)10-16/h2-3,5,7-11,17H,4,6H2,1H3,(H,25,28). The lowest BCUT2D eigenvalue weighted by Crippen LogP contribution is -2.33. The molecule has 1 aliphatic rings. The van der Waals surface area contributed by atoms with Crippen LogP contribution < -0.4 is 10.2 Å². The van der Waals surface area contributed by atoms with E-state index in [0.717, 1.165) is 24.0 Å². The van der Waals surface area contributed by atoms with Crippen LogP contribution in [0.4, 0.5) is 20.2 Å². The number of nitrogens with zero attached hydrogens (tertiary/aromatic N) is 4. The maximum atomic E-state index is 13.4. The summed E-state index contributed by atoms with van der Waals surface area (Å²) < 4.78 is 28.7. The molecule has 1 aromatic carbocycles. The molecule has 0 spiro atoms. The molecule has 2 aromatic heterocycles. The Bertz CT molecular complexity index is 1060. The van der Waals surface area contributed by atoms with E-state index < -0.39 is 29.4 Å². The first kappa shape index (κ1) is 18.7. The zero-order valence-electron chi connectivity index (χ0n) is 15.5. The van der Waals surface area contributed by atoms with Crippen LogP contribution >= 0.6 is 0 Å². The number of hydrogen-bond donors (Lipinski definition) is 1. The van der Waals surface area contributed by atoms with Crippen LogP contribution in [0.15, 0.2) is 48.9 Å². The fourth-order valence-electron chi connectivity index (χ4n) is 3.33. The van der Waals surface area contributed by atoms with Crippen LogP contribution in [0.25, 0.3) is 5.82 Å². The monoisotopic (exact) mass is 397 g/mol. The predicted octanol–water partition coefficient (Wildman–Crippen LogP) is 2.85. The number of carbonyl (C=O) groups is 2. The topological polar surface area (TPSA) is 80.1 Å². The Morgan fingerprint density at radius 1 is 1.17 bits per heavy atom. The summed E-state index contributed by atoms with van der Waals surface area (Å²) in [6.07, 6.45) is 5.18. The molecule has 1 unspecified atom stereocenters. The molecule has 1 atom stereocenters. The number of amides is 2. The molecule has 148 valence electrons. The van der Waals surface area contributed by atoms with E-state index in [1.54, 1.807) is 29.1 Å². The Hall–Kier alpha value is -3.62. The smallest absolute Gasteiger partial charge is 0.239 e. The van der Waals surface area contributed by atoms with Crippen molar-refractivity contribution in [3.05, 3.63) is 66.4 Å². The summed E-state index contributed by atoms with van der Waals surface area (Å²) in [5, 5.41) is 2.67. The van der Waals surface area contributed by atoms with Gasteiger partial charge in [0.15, 0.2) is 0 Å². The van der Waals surface area contributed by atoms with Gasteiger partial charge in [-0.3, -0.25) is 14.2 Å². The minimum absolute atomic E-state index is 0.101. The quantitative estimate of drug-likeness (QED) is 0.687. The Kier molecular flexibility index (Phi) is 4.79. The summed E-state index contributed by atoms with van der Waals surface area (Å²) in [6.45, 7) is 2.05. The van der Waals surface area contributed by atoms with Gasteiger partial charge in [0.05, 0.1) is 11.9 Å². The summed E-state index contributed by atoms with van der Waals surface area (Å²) >= 11 is 0. The van der Waals surface area contributed by atoms with Crippen molar-refractivity contribution in [2.75, 3.05) is 16.8 Å². The zero-order valence-corrected chi connectivity index (χ0v) is 15.5. The number of pyridine rings is 1. The second-order valence-electron chi connectivity index (χ2n) is 6.70. The number of anilines is 2. The molecule has 0 radical (unpaired) electrons. The second-order valence-corrected chi connectivity index (χ2v) is 6.70. The maximum Gasteiger partial charge on any atom is 0.239 e. The van der Waals surface area contributed by atoms with E-state index in [4.69, 9.17) is 0 Å². The van der Waals surface area contributed by atoms with E-state index in [1.165, 1.54) is 11.1 Å². The molecule has 3 aromatic rings. The van der Waals surface area contributed by atoms with Gasteiger partial charge in [-0.2, -0.15) is 0 Å². The van der Waals surface area contributed by atoms with Crippen LogP contribution in [0.5, 0.6) is 0 Å². The van der Waals surface area contributed by atoms with Gasteiger partial charge in [-0.25, -0.2) is 18.7 Å². The van der Waals surface area contributed by atoms with Crippen molar-refractivity contribution in [1.29, 1.82) is 0 Å². The third kappa shape index (κ3) is 3.71. The highest BCUT2D eigenvalue weighted by Crippen LogP contribution is 2.27. The molecule has 29 heavy (non-hydrogen) atoms. The van der Waals surface area contributed by atoms with E-state index in [2.05, 4.69) is 15.3 Å². The van der Waals surface area contributed by atoms with E-state index in [9.17, 15) is 18.4 Å². The molecule has 9 heteroatoms. The van der Waals surface area contributed by atoms with Crippen molar-refractivity contribution in [2.45, 2.75) is 13.3 Å². The minimum Gasteiger partial charge on any atom is -0.324 e. The number of hydrogen-bond acceptors (Lipinski definition) is 4. The molecule has 1 N–H and O–H groups in total. The van der Waals surface area contributed by atoms with Crippen molar-refractivity contribution in [1.82, 2.24) is 14.5 Å². The molecule has 4 rings (SSSR count). The van der Waals surface area contributed by atoms with Crippen LogP contribution in [0.3, 0.4) is 0 Å². The number of nitrogens with one attached hydrogen (secondary N) is 1. The number of carbonyl (C=O) groups excluding carboxylic acids is 2. The fraction of sp³-hybridized carbons (Fsp3) is 0.200. The first-order valence-corrected chi connectivity index (χ1v) is 8.97. The minimum atomic E-state index is -0.933. The average Bonchev–Trinajstić information content (AvgIpc) is 3.27. The normalized spacial score (nSPS) is 16.3.